The molecule has 4 heteroatoms. The molecule has 0 N–H and O–H groups in total. The van der Waals surface area contributed by atoms with Crippen LogP contribution in [0.3, 0.4) is 0 Å². The molecule has 104 valence electrons. The summed E-state index contributed by atoms with van der Waals surface area (Å²) in [5.74, 6) is 0.194. The average Bonchev–Trinajstić information content (AvgIpc) is 2.81. The molecule has 1 aliphatic heterocycles. The minimum Gasteiger partial charge on any atom is -0.337 e. The van der Waals surface area contributed by atoms with Crippen LogP contribution in [0, 0.1) is 0 Å². The van der Waals surface area contributed by atoms with Crippen molar-refractivity contribution in [3.05, 3.63) is 34.0 Å². The van der Waals surface area contributed by atoms with Crippen molar-refractivity contribution in [1.82, 2.24) is 9.80 Å². The van der Waals surface area contributed by atoms with Crippen molar-refractivity contribution in [2.45, 2.75) is 20.3 Å². The van der Waals surface area contributed by atoms with E-state index in [9.17, 15) is 4.79 Å². The Morgan fingerprint density at radius 3 is 2.84 bits per heavy atom. The van der Waals surface area contributed by atoms with Gasteiger partial charge in [-0.2, -0.15) is 0 Å². The van der Waals surface area contributed by atoms with E-state index < -0.39 is 0 Å². The zero-order valence-corrected chi connectivity index (χ0v) is 12.6. The molecule has 1 aromatic rings. The molecule has 0 aliphatic carbocycles. The lowest BCUT2D eigenvalue weighted by Crippen LogP contribution is -2.34. The molecule has 0 bridgehead atoms. The molecule has 2 rings (SSSR count). The molecule has 1 aromatic heterocycles. The average molecular weight is 278 g/mol. The standard InChI is InChI=1S/C15H22N2OS/c1-13(2)6-9-16-7-4-8-17(11-10-16)15(18)14-5-3-12-19-14/h3,5-6,12H,4,7-11H2,1-2H3. The van der Waals surface area contributed by atoms with Gasteiger partial charge < -0.3 is 4.90 Å². The van der Waals surface area contributed by atoms with Crippen LogP contribution in [0.15, 0.2) is 29.2 Å². The van der Waals surface area contributed by atoms with Crippen LogP contribution in [0.25, 0.3) is 0 Å². The van der Waals surface area contributed by atoms with Crippen LogP contribution in [0.4, 0.5) is 0 Å². The third-order valence-electron chi connectivity index (χ3n) is 3.37. The summed E-state index contributed by atoms with van der Waals surface area (Å²) < 4.78 is 0. The van der Waals surface area contributed by atoms with E-state index in [-0.39, 0.29) is 5.91 Å². The fourth-order valence-corrected chi connectivity index (χ4v) is 2.92. The Morgan fingerprint density at radius 2 is 2.16 bits per heavy atom. The molecule has 19 heavy (non-hydrogen) atoms. The van der Waals surface area contributed by atoms with Gasteiger partial charge in [-0.15, -0.1) is 11.3 Å². The minimum absolute atomic E-state index is 0.194. The first-order chi connectivity index (χ1) is 9.16. The number of hydrogen-bond donors (Lipinski definition) is 0. The maximum absolute atomic E-state index is 12.3. The van der Waals surface area contributed by atoms with Gasteiger partial charge in [0.1, 0.15) is 0 Å². The molecule has 1 aliphatic rings. The number of nitrogens with zero attached hydrogens (tertiary/aromatic N) is 2. The van der Waals surface area contributed by atoms with Crippen molar-refractivity contribution >= 4 is 17.2 Å². The molecule has 0 atom stereocenters. The normalized spacial score (nSPS) is 17.1. The van der Waals surface area contributed by atoms with Crippen LogP contribution < -0.4 is 0 Å². The van der Waals surface area contributed by atoms with Crippen molar-refractivity contribution in [2.24, 2.45) is 0 Å². The number of amides is 1. The van der Waals surface area contributed by atoms with E-state index in [4.69, 9.17) is 0 Å². The molecule has 1 fully saturated rings. The SMILES string of the molecule is CC(C)=CCN1CCCN(C(=O)c2cccs2)CC1. The predicted octanol–water partition coefficient (Wildman–Crippen LogP) is 2.86. The monoisotopic (exact) mass is 278 g/mol. The quantitative estimate of drug-likeness (QED) is 0.794. The molecule has 0 unspecified atom stereocenters. The van der Waals surface area contributed by atoms with Gasteiger partial charge >= 0.3 is 0 Å². The van der Waals surface area contributed by atoms with E-state index in [1.54, 1.807) is 0 Å². The van der Waals surface area contributed by atoms with E-state index >= 15 is 0 Å². The third-order valence-corrected chi connectivity index (χ3v) is 4.22. The first-order valence-corrected chi connectivity index (χ1v) is 7.73. The summed E-state index contributed by atoms with van der Waals surface area (Å²) in [5.41, 5.74) is 1.36. The van der Waals surface area contributed by atoms with E-state index in [0.29, 0.717) is 0 Å². The number of carbonyl (C=O) groups excluding carboxylic acids is 1. The number of allylic oxidation sites excluding steroid dienone is 1. The summed E-state index contributed by atoms with van der Waals surface area (Å²) in [6.07, 6.45) is 3.32. The second-order valence-corrected chi connectivity index (χ2v) is 6.15. The Kier molecular flexibility index (Phi) is 5.16. The van der Waals surface area contributed by atoms with Gasteiger partial charge in [0.05, 0.1) is 4.88 Å². The lowest BCUT2D eigenvalue weighted by molar-refractivity contribution is 0.0767. The highest BCUT2D eigenvalue weighted by Gasteiger charge is 2.20. The van der Waals surface area contributed by atoms with Gasteiger partial charge in [-0.25, -0.2) is 0 Å². The Bertz CT molecular complexity index is 435. The molecule has 1 amide bonds. The highest BCUT2D eigenvalue weighted by atomic mass is 32.1. The fraction of sp³-hybridized carbons (Fsp3) is 0.533. The van der Waals surface area contributed by atoms with Crippen LogP contribution >= 0.6 is 11.3 Å². The number of carbonyl (C=O) groups is 1. The van der Waals surface area contributed by atoms with Crippen molar-refractivity contribution in [3.8, 4) is 0 Å². The molecular formula is C15H22N2OS. The van der Waals surface area contributed by atoms with Crippen LogP contribution in [0.1, 0.15) is 29.9 Å². The summed E-state index contributed by atoms with van der Waals surface area (Å²) in [6, 6.07) is 3.86. The Morgan fingerprint density at radius 1 is 1.32 bits per heavy atom. The summed E-state index contributed by atoms with van der Waals surface area (Å²) in [7, 11) is 0. The second kappa shape index (κ2) is 6.87. The second-order valence-electron chi connectivity index (χ2n) is 5.21. The van der Waals surface area contributed by atoms with Gasteiger partial charge in [0.15, 0.2) is 0 Å². The van der Waals surface area contributed by atoms with E-state index in [1.165, 1.54) is 16.9 Å². The number of thiophene rings is 1. The molecule has 0 spiro atoms. The molecular weight excluding hydrogens is 256 g/mol. The number of hydrogen-bond acceptors (Lipinski definition) is 3. The van der Waals surface area contributed by atoms with Crippen molar-refractivity contribution in [2.75, 3.05) is 32.7 Å². The lowest BCUT2D eigenvalue weighted by Gasteiger charge is -2.20. The third kappa shape index (κ3) is 4.18. The zero-order valence-electron chi connectivity index (χ0n) is 11.8. The summed E-state index contributed by atoms with van der Waals surface area (Å²) in [4.78, 5) is 17.6. The molecule has 0 radical (unpaired) electrons. The molecule has 0 saturated carbocycles. The molecule has 3 nitrogen and oxygen atoms in total. The first kappa shape index (κ1) is 14.3. The summed E-state index contributed by atoms with van der Waals surface area (Å²) >= 11 is 1.53. The van der Waals surface area contributed by atoms with E-state index in [1.807, 2.05) is 22.4 Å². The van der Waals surface area contributed by atoms with Gasteiger partial charge in [0.2, 0.25) is 0 Å². The van der Waals surface area contributed by atoms with E-state index in [0.717, 1.165) is 44.0 Å². The Labute approximate surface area is 119 Å². The summed E-state index contributed by atoms with van der Waals surface area (Å²) in [5, 5.41) is 1.96. The highest BCUT2D eigenvalue weighted by Crippen LogP contribution is 2.14. The van der Waals surface area contributed by atoms with Crippen LogP contribution in [-0.4, -0.2) is 48.4 Å². The molecule has 1 saturated heterocycles. The largest absolute Gasteiger partial charge is 0.337 e. The van der Waals surface area contributed by atoms with Gasteiger partial charge in [0.25, 0.3) is 5.91 Å². The topological polar surface area (TPSA) is 23.6 Å². The zero-order chi connectivity index (χ0) is 13.7. The van der Waals surface area contributed by atoms with Crippen molar-refractivity contribution in [3.63, 3.8) is 0 Å². The van der Waals surface area contributed by atoms with Crippen molar-refractivity contribution in [1.29, 1.82) is 0 Å². The van der Waals surface area contributed by atoms with Gasteiger partial charge in [-0.1, -0.05) is 17.7 Å². The lowest BCUT2D eigenvalue weighted by atomic mass is 10.3. The Hall–Kier alpha value is -1.13. The predicted molar refractivity (Wildman–Crippen MR) is 80.7 cm³/mol. The van der Waals surface area contributed by atoms with Gasteiger partial charge in [0, 0.05) is 32.7 Å². The minimum atomic E-state index is 0.194. The number of rotatable bonds is 3. The van der Waals surface area contributed by atoms with Crippen LogP contribution in [0.2, 0.25) is 0 Å². The van der Waals surface area contributed by atoms with E-state index in [2.05, 4.69) is 24.8 Å². The van der Waals surface area contributed by atoms with Crippen LogP contribution in [0.5, 0.6) is 0 Å². The van der Waals surface area contributed by atoms with Crippen molar-refractivity contribution < 1.29 is 4.79 Å². The fourth-order valence-electron chi connectivity index (χ4n) is 2.22. The molecule has 2 heterocycles. The summed E-state index contributed by atoms with van der Waals surface area (Å²) in [6.45, 7) is 9.03. The maximum atomic E-state index is 12.3. The molecule has 0 aromatic carbocycles. The Balaban J connectivity index is 1.90. The maximum Gasteiger partial charge on any atom is 0.263 e. The first-order valence-electron chi connectivity index (χ1n) is 6.85. The van der Waals surface area contributed by atoms with Crippen LogP contribution in [-0.2, 0) is 0 Å². The van der Waals surface area contributed by atoms with Gasteiger partial charge in [-0.05, 0) is 31.7 Å². The highest BCUT2D eigenvalue weighted by molar-refractivity contribution is 7.12. The van der Waals surface area contributed by atoms with Gasteiger partial charge in [-0.3, -0.25) is 9.69 Å². The smallest absolute Gasteiger partial charge is 0.263 e.